The molecular formula is C12H15BrFNO2. The third kappa shape index (κ3) is 3.51. The van der Waals surface area contributed by atoms with Crippen molar-refractivity contribution in [1.82, 2.24) is 4.90 Å². The van der Waals surface area contributed by atoms with Gasteiger partial charge in [-0.2, -0.15) is 0 Å². The highest BCUT2D eigenvalue weighted by atomic mass is 79.9. The summed E-state index contributed by atoms with van der Waals surface area (Å²) in [7, 11) is 0. The summed E-state index contributed by atoms with van der Waals surface area (Å²) in [6.45, 7) is 2.53. The van der Waals surface area contributed by atoms with Gasteiger partial charge in [0, 0.05) is 13.1 Å². The van der Waals surface area contributed by atoms with E-state index in [1.54, 1.807) is 12.1 Å². The number of aliphatic hydroxyl groups is 1. The van der Waals surface area contributed by atoms with Crippen molar-refractivity contribution in [3.05, 3.63) is 34.1 Å². The first kappa shape index (κ1) is 14.1. The molecule has 1 aromatic carbocycles. The van der Waals surface area contributed by atoms with E-state index in [0.717, 1.165) is 6.42 Å². The standard InChI is InChI=1S/C12H15BrFNO2/c1-2-6-15(7-8-16)12(17)9-4-3-5-10(13)11(9)14/h3-5,16H,2,6-8H2,1H3. The summed E-state index contributed by atoms with van der Waals surface area (Å²) >= 11 is 3.05. The molecule has 0 radical (unpaired) electrons. The maximum atomic E-state index is 13.7. The summed E-state index contributed by atoms with van der Waals surface area (Å²) < 4.78 is 14.0. The van der Waals surface area contributed by atoms with E-state index in [1.807, 2.05) is 6.92 Å². The molecule has 0 saturated carbocycles. The number of carbonyl (C=O) groups excluding carboxylic acids is 1. The zero-order valence-corrected chi connectivity index (χ0v) is 11.2. The average Bonchev–Trinajstić information content (AvgIpc) is 2.31. The van der Waals surface area contributed by atoms with E-state index in [0.29, 0.717) is 6.54 Å². The Balaban J connectivity index is 2.96. The van der Waals surface area contributed by atoms with Crippen molar-refractivity contribution in [2.75, 3.05) is 19.7 Å². The Morgan fingerprint density at radius 1 is 1.47 bits per heavy atom. The number of rotatable bonds is 5. The lowest BCUT2D eigenvalue weighted by Gasteiger charge is -2.21. The molecule has 1 aromatic rings. The van der Waals surface area contributed by atoms with Crippen LogP contribution in [0.2, 0.25) is 0 Å². The van der Waals surface area contributed by atoms with Crippen LogP contribution < -0.4 is 0 Å². The number of halogens is 2. The zero-order chi connectivity index (χ0) is 12.8. The smallest absolute Gasteiger partial charge is 0.256 e. The number of hydrogen-bond acceptors (Lipinski definition) is 2. The van der Waals surface area contributed by atoms with Crippen LogP contribution in [-0.4, -0.2) is 35.6 Å². The molecule has 0 aliphatic carbocycles. The molecule has 94 valence electrons. The highest BCUT2D eigenvalue weighted by Crippen LogP contribution is 2.19. The molecule has 0 atom stereocenters. The van der Waals surface area contributed by atoms with E-state index in [1.165, 1.54) is 11.0 Å². The molecule has 1 rings (SSSR count). The van der Waals surface area contributed by atoms with Crippen LogP contribution in [0.1, 0.15) is 23.7 Å². The molecule has 0 aromatic heterocycles. The maximum Gasteiger partial charge on any atom is 0.256 e. The van der Waals surface area contributed by atoms with Crippen LogP contribution in [0.4, 0.5) is 4.39 Å². The predicted octanol–water partition coefficient (Wildman–Crippen LogP) is 2.43. The SMILES string of the molecule is CCCN(CCO)C(=O)c1cccc(Br)c1F. The molecule has 17 heavy (non-hydrogen) atoms. The van der Waals surface area contributed by atoms with Gasteiger partial charge in [0.25, 0.3) is 5.91 Å². The van der Waals surface area contributed by atoms with Gasteiger partial charge in [0.05, 0.1) is 16.6 Å². The average molecular weight is 304 g/mol. The minimum atomic E-state index is -0.559. The minimum Gasteiger partial charge on any atom is -0.395 e. The number of nitrogens with zero attached hydrogens (tertiary/aromatic N) is 1. The Labute approximate surface area is 108 Å². The summed E-state index contributed by atoms with van der Waals surface area (Å²) in [5.41, 5.74) is 0.0290. The van der Waals surface area contributed by atoms with Crippen molar-refractivity contribution < 1.29 is 14.3 Å². The van der Waals surface area contributed by atoms with Crippen molar-refractivity contribution in [2.24, 2.45) is 0 Å². The van der Waals surface area contributed by atoms with Crippen molar-refractivity contribution in [3.8, 4) is 0 Å². The van der Waals surface area contributed by atoms with Gasteiger partial charge in [0.2, 0.25) is 0 Å². The summed E-state index contributed by atoms with van der Waals surface area (Å²) in [5.74, 6) is -0.948. The van der Waals surface area contributed by atoms with Crippen LogP contribution in [0.3, 0.4) is 0 Å². The molecule has 0 fully saturated rings. The fraction of sp³-hybridized carbons (Fsp3) is 0.417. The Morgan fingerprint density at radius 2 is 2.18 bits per heavy atom. The molecule has 0 heterocycles. The fourth-order valence-corrected chi connectivity index (χ4v) is 1.91. The normalized spacial score (nSPS) is 10.4. The third-order valence-corrected chi connectivity index (χ3v) is 2.95. The molecule has 5 heteroatoms. The van der Waals surface area contributed by atoms with Gasteiger partial charge in [0.1, 0.15) is 5.82 Å². The Kier molecular flexibility index (Phi) is 5.58. The summed E-state index contributed by atoms with van der Waals surface area (Å²) in [4.78, 5) is 13.5. The van der Waals surface area contributed by atoms with E-state index in [-0.39, 0.29) is 29.1 Å². The van der Waals surface area contributed by atoms with Crippen molar-refractivity contribution in [2.45, 2.75) is 13.3 Å². The summed E-state index contributed by atoms with van der Waals surface area (Å²) in [5, 5.41) is 8.89. The molecule has 0 unspecified atom stereocenters. The second-order valence-electron chi connectivity index (χ2n) is 3.62. The molecule has 0 spiro atoms. The Morgan fingerprint density at radius 3 is 2.76 bits per heavy atom. The van der Waals surface area contributed by atoms with Gasteiger partial charge in [-0.1, -0.05) is 13.0 Å². The Hall–Kier alpha value is -0.940. The first-order valence-electron chi connectivity index (χ1n) is 5.46. The Bertz CT molecular complexity index is 392. The second kappa shape index (κ2) is 6.71. The number of benzene rings is 1. The molecule has 0 saturated heterocycles. The van der Waals surface area contributed by atoms with Crippen LogP contribution >= 0.6 is 15.9 Å². The van der Waals surface area contributed by atoms with E-state index >= 15 is 0 Å². The van der Waals surface area contributed by atoms with Gasteiger partial charge in [-0.05, 0) is 34.5 Å². The number of hydrogen-bond donors (Lipinski definition) is 1. The van der Waals surface area contributed by atoms with Crippen LogP contribution in [0.15, 0.2) is 22.7 Å². The monoisotopic (exact) mass is 303 g/mol. The molecule has 1 amide bonds. The van der Waals surface area contributed by atoms with Crippen LogP contribution in [0.25, 0.3) is 0 Å². The van der Waals surface area contributed by atoms with Gasteiger partial charge >= 0.3 is 0 Å². The molecule has 1 N–H and O–H groups in total. The zero-order valence-electron chi connectivity index (χ0n) is 9.62. The van der Waals surface area contributed by atoms with E-state index in [4.69, 9.17) is 5.11 Å². The molecule has 0 aliphatic heterocycles. The maximum absolute atomic E-state index is 13.7. The van der Waals surface area contributed by atoms with Crippen LogP contribution in [0, 0.1) is 5.82 Å². The molecule has 0 bridgehead atoms. The first-order chi connectivity index (χ1) is 8.11. The predicted molar refractivity (Wildman–Crippen MR) is 67.4 cm³/mol. The van der Waals surface area contributed by atoms with Crippen LogP contribution in [0.5, 0.6) is 0 Å². The third-order valence-electron chi connectivity index (χ3n) is 2.33. The molecular weight excluding hydrogens is 289 g/mol. The second-order valence-corrected chi connectivity index (χ2v) is 4.47. The van der Waals surface area contributed by atoms with Gasteiger partial charge in [-0.3, -0.25) is 4.79 Å². The van der Waals surface area contributed by atoms with Crippen molar-refractivity contribution in [3.63, 3.8) is 0 Å². The summed E-state index contributed by atoms with van der Waals surface area (Å²) in [6, 6.07) is 4.61. The lowest BCUT2D eigenvalue weighted by atomic mass is 10.2. The van der Waals surface area contributed by atoms with Gasteiger partial charge in [0.15, 0.2) is 0 Å². The van der Waals surface area contributed by atoms with Crippen LogP contribution in [-0.2, 0) is 0 Å². The highest BCUT2D eigenvalue weighted by Gasteiger charge is 2.19. The van der Waals surface area contributed by atoms with Gasteiger partial charge in [-0.25, -0.2) is 4.39 Å². The lowest BCUT2D eigenvalue weighted by molar-refractivity contribution is 0.0717. The van der Waals surface area contributed by atoms with Gasteiger partial charge < -0.3 is 10.0 Å². The van der Waals surface area contributed by atoms with E-state index < -0.39 is 5.82 Å². The van der Waals surface area contributed by atoms with Crippen molar-refractivity contribution >= 4 is 21.8 Å². The van der Waals surface area contributed by atoms with Crippen molar-refractivity contribution in [1.29, 1.82) is 0 Å². The largest absolute Gasteiger partial charge is 0.395 e. The lowest BCUT2D eigenvalue weighted by Crippen LogP contribution is -2.34. The quantitative estimate of drug-likeness (QED) is 0.907. The summed E-state index contributed by atoms with van der Waals surface area (Å²) in [6.07, 6.45) is 0.765. The minimum absolute atomic E-state index is 0.0290. The number of amides is 1. The molecule has 3 nitrogen and oxygen atoms in total. The molecule has 0 aliphatic rings. The van der Waals surface area contributed by atoms with E-state index in [9.17, 15) is 9.18 Å². The topological polar surface area (TPSA) is 40.5 Å². The van der Waals surface area contributed by atoms with Gasteiger partial charge in [-0.15, -0.1) is 0 Å². The highest BCUT2D eigenvalue weighted by molar-refractivity contribution is 9.10. The van der Waals surface area contributed by atoms with E-state index in [2.05, 4.69) is 15.9 Å². The number of carbonyl (C=O) groups is 1. The fourth-order valence-electron chi connectivity index (χ4n) is 1.54. The number of aliphatic hydroxyl groups excluding tert-OH is 1. The first-order valence-corrected chi connectivity index (χ1v) is 6.25.